The fraction of sp³-hybridized carbons (Fsp3) is 0.316. The predicted octanol–water partition coefficient (Wildman–Crippen LogP) is 4.34. The summed E-state index contributed by atoms with van der Waals surface area (Å²) in [6, 6.07) is 8.50. The lowest BCUT2D eigenvalue weighted by Crippen LogP contribution is -2.42. The van der Waals surface area contributed by atoms with Crippen molar-refractivity contribution in [2.24, 2.45) is 5.92 Å². The van der Waals surface area contributed by atoms with E-state index >= 15 is 0 Å². The first kappa shape index (κ1) is 17.8. The van der Waals surface area contributed by atoms with Crippen LogP contribution >= 0.6 is 22.9 Å². The van der Waals surface area contributed by atoms with Gasteiger partial charge in [0.15, 0.2) is 11.6 Å². The van der Waals surface area contributed by atoms with E-state index in [9.17, 15) is 14.4 Å². The van der Waals surface area contributed by atoms with Crippen LogP contribution in [0, 0.1) is 5.92 Å². The van der Waals surface area contributed by atoms with Crippen LogP contribution in [0.1, 0.15) is 50.2 Å². The fourth-order valence-electron chi connectivity index (χ4n) is 3.04. The minimum absolute atomic E-state index is 0.0431. The highest BCUT2D eigenvalue weighted by molar-refractivity contribution is 7.12. The molecule has 3 rings (SSSR count). The second-order valence-electron chi connectivity index (χ2n) is 6.22. The van der Waals surface area contributed by atoms with Gasteiger partial charge in [-0.25, -0.2) is 0 Å². The molecular weight excluding hydrogens is 358 g/mol. The first-order valence-electron chi connectivity index (χ1n) is 8.14. The van der Waals surface area contributed by atoms with Crippen LogP contribution in [0.5, 0.6) is 0 Å². The van der Waals surface area contributed by atoms with Gasteiger partial charge in [-0.2, -0.15) is 0 Å². The summed E-state index contributed by atoms with van der Waals surface area (Å²) in [5.41, 5.74) is 1.15. The normalized spacial score (nSPS) is 17.4. The molecule has 1 amide bonds. The largest absolute Gasteiger partial charge is 0.338 e. The summed E-state index contributed by atoms with van der Waals surface area (Å²) >= 11 is 7.15. The summed E-state index contributed by atoms with van der Waals surface area (Å²) in [5.74, 6) is -0.315. The average molecular weight is 376 g/mol. The molecule has 1 aromatic carbocycles. The van der Waals surface area contributed by atoms with E-state index < -0.39 is 0 Å². The number of Topliss-reactive ketones (excluding diaryl/α,β-unsaturated/α-hetero) is 2. The Morgan fingerprint density at radius 2 is 1.88 bits per heavy atom. The molecule has 6 heteroatoms. The lowest BCUT2D eigenvalue weighted by Gasteiger charge is -2.32. The minimum atomic E-state index is -0.204. The van der Waals surface area contributed by atoms with Crippen molar-refractivity contribution in [3.8, 4) is 0 Å². The molecule has 1 aliphatic rings. The van der Waals surface area contributed by atoms with Gasteiger partial charge in [0.25, 0.3) is 5.91 Å². The average Bonchev–Trinajstić information content (AvgIpc) is 3.12. The summed E-state index contributed by atoms with van der Waals surface area (Å²) in [6.45, 7) is 2.53. The van der Waals surface area contributed by atoms with E-state index in [2.05, 4.69) is 0 Å². The van der Waals surface area contributed by atoms with Crippen LogP contribution in [0.4, 0.5) is 0 Å². The molecule has 25 heavy (non-hydrogen) atoms. The van der Waals surface area contributed by atoms with Gasteiger partial charge in [-0.15, -0.1) is 11.3 Å². The minimum Gasteiger partial charge on any atom is -0.338 e. The fourth-order valence-corrected chi connectivity index (χ4v) is 3.95. The molecule has 0 aliphatic carbocycles. The van der Waals surface area contributed by atoms with Crippen LogP contribution in [-0.2, 0) is 0 Å². The molecular formula is C19H18ClNO3S. The molecule has 1 saturated heterocycles. The van der Waals surface area contributed by atoms with Crippen LogP contribution in [-0.4, -0.2) is 35.5 Å². The SMILES string of the molecule is CC(=O)c1cc(C(=O)N2CCC[C@@H](C(=O)c3ccc(Cl)cc3)C2)cs1. The number of hydrogen-bond donors (Lipinski definition) is 0. The lowest BCUT2D eigenvalue weighted by atomic mass is 9.90. The van der Waals surface area contributed by atoms with Crippen molar-refractivity contribution < 1.29 is 14.4 Å². The number of benzene rings is 1. The highest BCUT2D eigenvalue weighted by Gasteiger charge is 2.30. The molecule has 2 aromatic rings. The van der Waals surface area contributed by atoms with Gasteiger partial charge >= 0.3 is 0 Å². The molecule has 0 radical (unpaired) electrons. The van der Waals surface area contributed by atoms with Gasteiger partial charge < -0.3 is 4.90 Å². The van der Waals surface area contributed by atoms with E-state index in [1.54, 1.807) is 40.6 Å². The number of carbonyl (C=O) groups excluding carboxylic acids is 3. The third kappa shape index (κ3) is 3.99. The number of thiophene rings is 1. The van der Waals surface area contributed by atoms with Crippen molar-refractivity contribution >= 4 is 40.4 Å². The zero-order chi connectivity index (χ0) is 18.0. The maximum absolute atomic E-state index is 12.7. The van der Waals surface area contributed by atoms with Crippen LogP contribution in [0.2, 0.25) is 5.02 Å². The van der Waals surface area contributed by atoms with Gasteiger partial charge in [0.1, 0.15) is 0 Å². The van der Waals surface area contributed by atoms with Crippen molar-refractivity contribution in [2.75, 3.05) is 13.1 Å². The van der Waals surface area contributed by atoms with E-state index in [4.69, 9.17) is 11.6 Å². The maximum Gasteiger partial charge on any atom is 0.254 e. The topological polar surface area (TPSA) is 54.5 Å². The third-order valence-corrected chi connectivity index (χ3v) is 5.68. The Morgan fingerprint density at radius 1 is 1.16 bits per heavy atom. The molecule has 1 atom stereocenters. The standard InChI is InChI=1S/C19H18ClNO3S/c1-12(22)17-9-15(11-25-17)19(24)21-8-2-3-14(10-21)18(23)13-4-6-16(20)7-5-13/h4-7,9,11,14H,2-3,8,10H2,1H3/t14-/m1/s1. The van der Waals surface area contributed by atoms with Gasteiger partial charge in [0.2, 0.25) is 0 Å². The maximum atomic E-state index is 12.7. The van der Waals surface area contributed by atoms with E-state index in [0.717, 1.165) is 12.8 Å². The Morgan fingerprint density at radius 3 is 2.52 bits per heavy atom. The lowest BCUT2D eigenvalue weighted by molar-refractivity contribution is 0.0637. The number of rotatable bonds is 4. The summed E-state index contributed by atoms with van der Waals surface area (Å²) in [4.78, 5) is 39.1. The Bertz CT molecular complexity index is 812. The van der Waals surface area contributed by atoms with Crippen molar-refractivity contribution in [3.05, 3.63) is 56.7 Å². The molecule has 0 saturated carbocycles. The number of hydrogen-bond acceptors (Lipinski definition) is 4. The molecule has 1 aliphatic heterocycles. The van der Waals surface area contributed by atoms with Gasteiger partial charge in [0, 0.05) is 35.0 Å². The number of piperidine rings is 1. The Balaban J connectivity index is 1.71. The third-order valence-electron chi connectivity index (χ3n) is 4.40. The van der Waals surface area contributed by atoms with Crippen LogP contribution < -0.4 is 0 Å². The summed E-state index contributed by atoms with van der Waals surface area (Å²) in [5, 5.41) is 2.31. The van der Waals surface area contributed by atoms with Crippen molar-refractivity contribution in [1.29, 1.82) is 0 Å². The monoisotopic (exact) mass is 375 g/mol. The van der Waals surface area contributed by atoms with E-state index in [-0.39, 0.29) is 23.4 Å². The second kappa shape index (κ2) is 7.50. The number of ketones is 2. The first-order chi connectivity index (χ1) is 12.0. The molecule has 1 aromatic heterocycles. The predicted molar refractivity (Wildman–Crippen MR) is 98.7 cm³/mol. The quantitative estimate of drug-likeness (QED) is 0.747. The van der Waals surface area contributed by atoms with E-state index in [0.29, 0.717) is 34.1 Å². The van der Waals surface area contributed by atoms with Gasteiger partial charge in [-0.1, -0.05) is 11.6 Å². The molecule has 0 spiro atoms. The molecule has 0 N–H and O–H groups in total. The smallest absolute Gasteiger partial charge is 0.254 e. The zero-order valence-electron chi connectivity index (χ0n) is 13.8. The van der Waals surface area contributed by atoms with E-state index in [1.807, 2.05) is 0 Å². The number of nitrogens with zero attached hydrogens (tertiary/aromatic N) is 1. The Labute approximate surface area is 155 Å². The van der Waals surface area contributed by atoms with E-state index in [1.165, 1.54) is 18.3 Å². The molecule has 2 heterocycles. The summed E-state index contributed by atoms with van der Waals surface area (Å²) < 4.78 is 0. The molecule has 0 unspecified atom stereocenters. The Kier molecular flexibility index (Phi) is 5.35. The van der Waals surface area contributed by atoms with Crippen LogP contribution in [0.15, 0.2) is 35.7 Å². The highest BCUT2D eigenvalue weighted by Crippen LogP contribution is 2.24. The Hall–Kier alpha value is -1.98. The van der Waals surface area contributed by atoms with Crippen molar-refractivity contribution in [2.45, 2.75) is 19.8 Å². The van der Waals surface area contributed by atoms with Gasteiger partial charge in [-0.3, -0.25) is 14.4 Å². The highest BCUT2D eigenvalue weighted by atomic mass is 35.5. The number of amides is 1. The summed E-state index contributed by atoms with van der Waals surface area (Å²) in [6.07, 6.45) is 1.56. The number of likely N-dealkylation sites (tertiary alicyclic amines) is 1. The number of halogens is 1. The molecule has 0 bridgehead atoms. The van der Waals surface area contributed by atoms with Crippen molar-refractivity contribution in [3.63, 3.8) is 0 Å². The van der Waals surface area contributed by atoms with Gasteiger partial charge in [0.05, 0.1) is 10.4 Å². The van der Waals surface area contributed by atoms with Gasteiger partial charge in [-0.05, 0) is 50.1 Å². The molecule has 1 fully saturated rings. The zero-order valence-corrected chi connectivity index (χ0v) is 15.4. The molecule has 4 nitrogen and oxygen atoms in total. The van der Waals surface area contributed by atoms with Crippen LogP contribution in [0.3, 0.4) is 0 Å². The van der Waals surface area contributed by atoms with Crippen LogP contribution in [0.25, 0.3) is 0 Å². The number of carbonyl (C=O) groups is 3. The first-order valence-corrected chi connectivity index (χ1v) is 9.40. The summed E-state index contributed by atoms with van der Waals surface area (Å²) in [7, 11) is 0. The second-order valence-corrected chi connectivity index (χ2v) is 7.56. The molecule has 130 valence electrons. The van der Waals surface area contributed by atoms with Crippen molar-refractivity contribution in [1.82, 2.24) is 4.90 Å².